The molecule has 1 fully saturated rings. The van der Waals surface area contributed by atoms with Crippen LogP contribution in [0.3, 0.4) is 0 Å². The maximum Gasteiger partial charge on any atom is 0.138 e. The first kappa shape index (κ1) is 22.1. The summed E-state index contributed by atoms with van der Waals surface area (Å²) >= 11 is 1.69. The fraction of sp³-hybridized carbons (Fsp3) is 0.214. The van der Waals surface area contributed by atoms with E-state index in [-0.39, 0.29) is 0 Å². The van der Waals surface area contributed by atoms with Crippen molar-refractivity contribution in [2.24, 2.45) is 0 Å². The molecule has 1 aliphatic rings. The van der Waals surface area contributed by atoms with Crippen LogP contribution in [-0.4, -0.2) is 61.3 Å². The van der Waals surface area contributed by atoms with E-state index in [1.807, 2.05) is 24.7 Å². The monoisotopic (exact) mass is 507 g/mol. The zero-order valence-electron chi connectivity index (χ0n) is 20.1. The van der Waals surface area contributed by atoms with E-state index < -0.39 is 0 Å². The number of fused-ring (bicyclic) bond motifs is 2. The molecular formula is C28H25N7OS. The van der Waals surface area contributed by atoms with Crippen LogP contribution in [0.15, 0.2) is 65.9 Å². The molecule has 6 aromatic rings. The first-order chi connectivity index (χ1) is 18.3. The Kier molecular flexibility index (Phi) is 5.64. The molecule has 9 heteroatoms. The predicted molar refractivity (Wildman–Crippen MR) is 147 cm³/mol. The standard InChI is InChI=1S/C28H25N7OS/c1-2-7-35(6-1)8-9-36-20-11-19(14-29-15-20)24-13-23-26(16-31-24)33-34-27(23)25-12-22-21(18-4-10-37-17-18)3-5-30-28(22)32-25/h3-5,10-17H,1-2,6-9H2,(H,30,32)(H,33,34). The van der Waals surface area contributed by atoms with Crippen LogP contribution in [-0.2, 0) is 0 Å². The summed E-state index contributed by atoms with van der Waals surface area (Å²) in [6.07, 6.45) is 9.81. The molecule has 6 aromatic heterocycles. The highest BCUT2D eigenvalue weighted by Crippen LogP contribution is 2.34. The maximum absolute atomic E-state index is 6.01. The lowest BCUT2D eigenvalue weighted by atomic mass is 10.1. The first-order valence-corrected chi connectivity index (χ1v) is 13.4. The minimum absolute atomic E-state index is 0.658. The zero-order chi connectivity index (χ0) is 24.6. The second-order valence-corrected chi connectivity index (χ2v) is 10.1. The third-order valence-electron chi connectivity index (χ3n) is 6.95. The molecule has 0 amide bonds. The summed E-state index contributed by atoms with van der Waals surface area (Å²) < 4.78 is 6.01. The fourth-order valence-electron chi connectivity index (χ4n) is 5.04. The van der Waals surface area contributed by atoms with E-state index in [0.717, 1.165) is 62.4 Å². The second kappa shape index (κ2) is 9.42. The van der Waals surface area contributed by atoms with E-state index in [4.69, 9.17) is 4.74 Å². The van der Waals surface area contributed by atoms with E-state index in [1.54, 1.807) is 17.5 Å². The molecule has 1 saturated heterocycles. The lowest BCUT2D eigenvalue weighted by Crippen LogP contribution is -2.25. The van der Waals surface area contributed by atoms with Gasteiger partial charge in [-0.3, -0.25) is 20.0 Å². The van der Waals surface area contributed by atoms with Gasteiger partial charge in [0.15, 0.2) is 0 Å². The Morgan fingerprint density at radius 1 is 0.973 bits per heavy atom. The number of nitrogens with one attached hydrogen (secondary N) is 2. The van der Waals surface area contributed by atoms with Crippen molar-refractivity contribution in [3.8, 4) is 39.5 Å². The van der Waals surface area contributed by atoms with Gasteiger partial charge in [-0.05, 0) is 78.2 Å². The molecule has 0 saturated carbocycles. The van der Waals surface area contributed by atoms with Crippen LogP contribution in [0.4, 0.5) is 0 Å². The molecule has 0 aliphatic carbocycles. The SMILES string of the molecule is c1cc(-c2ccsc2)c2cc(-c3n[nH]c4cnc(-c5cncc(OCCN6CCCC6)c5)cc34)[nH]c2n1. The van der Waals surface area contributed by atoms with Crippen LogP contribution >= 0.6 is 11.3 Å². The quantitative estimate of drug-likeness (QED) is 0.285. The van der Waals surface area contributed by atoms with Crippen LogP contribution < -0.4 is 4.74 Å². The number of likely N-dealkylation sites (tertiary alicyclic amines) is 1. The molecule has 0 unspecified atom stereocenters. The van der Waals surface area contributed by atoms with Crippen LogP contribution in [0.5, 0.6) is 5.75 Å². The first-order valence-electron chi connectivity index (χ1n) is 12.5. The van der Waals surface area contributed by atoms with Gasteiger partial charge in [0.2, 0.25) is 0 Å². The van der Waals surface area contributed by atoms with Gasteiger partial charge in [0.05, 0.1) is 29.3 Å². The highest BCUT2D eigenvalue weighted by molar-refractivity contribution is 7.08. The topological polar surface area (TPSA) is 95.6 Å². The molecule has 0 aromatic carbocycles. The van der Waals surface area contributed by atoms with E-state index in [9.17, 15) is 0 Å². The number of rotatable bonds is 7. The molecule has 37 heavy (non-hydrogen) atoms. The van der Waals surface area contributed by atoms with Crippen molar-refractivity contribution in [1.29, 1.82) is 0 Å². The second-order valence-electron chi connectivity index (χ2n) is 9.31. The number of aromatic nitrogens is 6. The lowest BCUT2D eigenvalue weighted by Gasteiger charge is -2.15. The molecule has 0 radical (unpaired) electrons. The van der Waals surface area contributed by atoms with E-state index in [0.29, 0.717) is 6.61 Å². The molecule has 1 aliphatic heterocycles. The number of nitrogens with zero attached hydrogens (tertiary/aromatic N) is 5. The largest absolute Gasteiger partial charge is 0.491 e. The Balaban J connectivity index is 1.20. The fourth-order valence-corrected chi connectivity index (χ4v) is 5.70. The predicted octanol–water partition coefficient (Wildman–Crippen LogP) is 5.77. The number of ether oxygens (including phenoxy) is 1. The van der Waals surface area contributed by atoms with Crippen molar-refractivity contribution < 1.29 is 4.74 Å². The van der Waals surface area contributed by atoms with Gasteiger partial charge in [0.25, 0.3) is 0 Å². The normalized spacial score (nSPS) is 14.2. The molecule has 184 valence electrons. The Morgan fingerprint density at radius 2 is 1.92 bits per heavy atom. The summed E-state index contributed by atoms with van der Waals surface area (Å²) in [5.41, 5.74) is 7.53. The van der Waals surface area contributed by atoms with Gasteiger partial charge in [-0.15, -0.1) is 0 Å². The summed E-state index contributed by atoms with van der Waals surface area (Å²) in [7, 11) is 0. The summed E-state index contributed by atoms with van der Waals surface area (Å²) in [6.45, 7) is 3.94. The molecule has 0 spiro atoms. The highest BCUT2D eigenvalue weighted by Gasteiger charge is 2.16. The van der Waals surface area contributed by atoms with Gasteiger partial charge in [-0.1, -0.05) is 0 Å². The minimum Gasteiger partial charge on any atom is -0.491 e. The lowest BCUT2D eigenvalue weighted by molar-refractivity contribution is 0.237. The molecule has 0 atom stereocenters. The molecule has 8 nitrogen and oxygen atoms in total. The number of thiophene rings is 1. The van der Waals surface area contributed by atoms with Gasteiger partial charge in [-0.2, -0.15) is 16.4 Å². The van der Waals surface area contributed by atoms with Crippen molar-refractivity contribution in [3.05, 3.63) is 65.9 Å². The summed E-state index contributed by atoms with van der Waals surface area (Å²) in [6, 6.07) is 10.4. The summed E-state index contributed by atoms with van der Waals surface area (Å²) in [5.74, 6) is 0.758. The maximum atomic E-state index is 6.01. The van der Waals surface area contributed by atoms with Gasteiger partial charge < -0.3 is 9.72 Å². The number of aromatic amines is 2. The van der Waals surface area contributed by atoms with E-state index in [2.05, 4.69) is 70.1 Å². The number of hydrogen-bond donors (Lipinski definition) is 2. The third kappa shape index (κ3) is 4.26. The molecule has 7 heterocycles. The summed E-state index contributed by atoms with van der Waals surface area (Å²) in [5, 5.41) is 14.0. The van der Waals surface area contributed by atoms with E-state index in [1.165, 1.54) is 31.5 Å². The van der Waals surface area contributed by atoms with Crippen molar-refractivity contribution in [2.45, 2.75) is 12.8 Å². The molecule has 2 N–H and O–H groups in total. The number of H-pyrrole nitrogens is 2. The van der Waals surface area contributed by atoms with Crippen molar-refractivity contribution in [1.82, 2.24) is 35.0 Å². The van der Waals surface area contributed by atoms with Crippen LogP contribution in [0.1, 0.15) is 12.8 Å². The van der Waals surface area contributed by atoms with Crippen LogP contribution in [0.25, 0.3) is 55.7 Å². The van der Waals surface area contributed by atoms with Crippen LogP contribution in [0.2, 0.25) is 0 Å². The van der Waals surface area contributed by atoms with Gasteiger partial charge in [0.1, 0.15) is 23.7 Å². The van der Waals surface area contributed by atoms with Gasteiger partial charge >= 0.3 is 0 Å². The average molecular weight is 508 g/mol. The Bertz CT molecular complexity index is 1680. The van der Waals surface area contributed by atoms with Crippen LogP contribution in [0, 0.1) is 0 Å². The third-order valence-corrected chi connectivity index (χ3v) is 7.63. The molecule has 7 rings (SSSR count). The van der Waals surface area contributed by atoms with E-state index >= 15 is 0 Å². The Hall–Kier alpha value is -4.08. The number of hydrogen-bond acceptors (Lipinski definition) is 7. The average Bonchev–Trinajstić information content (AvgIpc) is 3.74. The smallest absolute Gasteiger partial charge is 0.138 e. The number of pyridine rings is 3. The summed E-state index contributed by atoms with van der Waals surface area (Å²) in [4.78, 5) is 19.5. The minimum atomic E-state index is 0.658. The van der Waals surface area contributed by atoms with Gasteiger partial charge in [-0.25, -0.2) is 4.98 Å². The Morgan fingerprint density at radius 3 is 2.81 bits per heavy atom. The Labute approximate surface area is 217 Å². The molecule has 0 bridgehead atoms. The van der Waals surface area contributed by atoms with Crippen molar-refractivity contribution >= 4 is 33.3 Å². The molecular weight excluding hydrogens is 482 g/mol. The zero-order valence-corrected chi connectivity index (χ0v) is 21.0. The van der Waals surface area contributed by atoms with Crippen molar-refractivity contribution in [2.75, 3.05) is 26.2 Å². The highest BCUT2D eigenvalue weighted by atomic mass is 32.1. The van der Waals surface area contributed by atoms with Gasteiger partial charge in [0, 0.05) is 35.3 Å². The van der Waals surface area contributed by atoms with Crippen molar-refractivity contribution in [3.63, 3.8) is 0 Å².